The highest BCUT2D eigenvalue weighted by Crippen LogP contribution is 2.43. The zero-order valence-electron chi connectivity index (χ0n) is 19.6. The van der Waals surface area contributed by atoms with Gasteiger partial charge in [0.05, 0.1) is 28.9 Å². The van der Waals surface area contributed by atoms with E-state index in [0.29, 0.717) is 35.8 Å². The molecule has 2 aromatic carbocycles. The van der Waals surface area contributed by atoms with Gasteiger partial charge in [0.2, 0.25) is 0 Å². The number of carboxylic acid groups (broad SMARTS) is 1. The molecule has 0 radical (unpaired) electrons. The Balaban J connectivity index is 0.000000555. The Morgan fingerprint density at radius 1 is 1.18 bits per heavy atom. The molecular weight excluding hydrogens is 420 g/mol. The minimum Gasteiger partial charge on any atom is -0.481 e. The van der Waals surface area contributed by atoms with E-state index in [1.165, 1.54) is 0 Å². The Morgan fingerprint density at radius 2 is 1.79 bits per heavy atom. The van der Waals surface area contributed by atoms with Crippen molar-refractivity contribution in [3.05, 3.63) is 48.0 Å². The molecule has 0 saturated carbocycles. The van der Waals surface area contributed by atoms with Crippen LogP contribution in [0.4, 0.5) is 17.1 Å². The molecule has 2 aromatic rings. The second kappa shape index (κ2) is 8.75. The number of anilines is 3. The average molecular weight is 451 g/mol. The standard InChI is InChI=1S/C21H19N3O4.C4H11N/c1-21(2)20(27)24(17-7-6-13(10-22)8-18(17)28-21)16-5-3-4-15(9-16)23-11-14(12-23)19(25)26;1-4(2,3)5/h3-9,14H,11-12H2,1-2H3,(H,25,26);5H2,1-3H3. The third kappa shape index (κ3) is 5.44. The first-order chi connectivity index (χ1) is 15.3. The van der Waals surface area contributed by atoms with E-state index in [4.69, 9.17) is 20.8 Å². The molecule has 0 atom stereocenters. The van der Waals surface area contributed by atoms with E-state index in [2.05, 4.69) is 6.07 Å². The topological polar surface area (TPSA) is 120 Å². The van der Waals surface area contributed by atoms with Crippen molar-refractivity contribution in [3.63, 3.8) is 0 Å². The number of amides is 1. The van der Waals surface area contributed by atoms with Gasteiger partial charge in [-0.05, 0) is 65.0 Å². The van der Waals surface area contributed by atoms with Gasteiger partial charge >= 0.3 is 5.97 Å². The van der Waals surface area contributed by atoms with Gasteiger partial charge in [-0.2, -0.15) is 5.26 Å². The average Bonchev–Trinajstić information content (AvgIpc) is 2.66. The van der Waals surface area contributed by atoms with Crippen LogP contribution in [0.3, 0.4) is 0 Å². The summed E-state index contributed by atoms with van der Waals surface area (Å²) in [6.45, 7) is 10.2. The maximum absolute atomic E-state index is 13.1. The molecule has 3 N–H and O–H groups in total. The Labute approximate surface area is 194 Å². The molecule has 1 amide bonds. The zero-order chi connectivity index (χ0) is 24.6. The number of nitriles is 1. The molecule has 1 fully saturated rings. The smallest absolute Gasteiger partial charge is 0.310 e. The number of benzene rings is 2. The van der Waals surface area contributed by atoms with E-state index in [-0.39, 0.29) is 17.4 Å². The van der Waals surface area contributed by atoms with Gasteiger partial charge in [-0.3, -0.25) is 14.5 Å². The monoisotopic (exact) mass is 450 g/mol. The van der Waals surface area contributed by atoms with Crippen molar-refractivity contribution in [1.82, 2.24) is 0 Å². The highest BCUT2D eigenvalue weighted by atomic mass is 16.5. The van der Waals surface area contributed by atoms with Gasteiger partial charge < -0.3 is 20.5 Å². The first-order valence-corrected chi connectivity index (χ1v) is 10.7. The Morgan fingerprint density at radius 3 is 2.36 bits per heavy atom. The van der Waals surface area contributed by atoms with Crippen molar-refractivity contribution in [1.29, 1.82) is 5.26 Å². The number of hydrogen-bond donors (Lipinski definition) is 2. The van der Waals surface area contributed by atoms with Gasteiger partial charge in [-0.1, -0.05) is 6.07 Å². The van der Waals surface area contributed by atoms with Crippen LogP contribution in [0.15, 0.2) is 42.5 Å². The number of carbonyl (C=O) groups excluding carboxylic acids is 1. The number of nitrogens with two attached hydrogens (primary N) is 1. The van der Waals surface area contributed by atoms with Crippen molar-refractivity contribution in [2.45, 2.75) is 45.8 Å². The number of fused-ring (bicyclic) bond motifs is 1. The predicted molar refractivity (Wildman–Crippen MR) is 127 cm³/mol. The molecule has 0 spiro atoms. The number of carboxylic acids is 1. The van der Waals surface area contributed by atoms with E-state index >= 15 is 0 Å². The fourth-order valence-corrected chi connectivity index (χ4v) is 3.48. The summed E-state index contributed by atoms with van der Waals surface area (Å²) in [6, 6.07) is 14.5. The summed E-state index contributed by atoms with van der Waals surface area (Å²) in [5.41, 5.74) is 6.84. The van der Waals surface area contributed by atoms with Crippen LogP contribution in [0.2, 0.25) is 0 Å². The highest BCUT2D eigenvalue weighted by Gasteiger charge is 2.42. The van der Waals surface area contributed by atoms with Gasteiger partial charge in [0.25, 0.3) is 5.91 Å². The number of ether oxygens (including phenoxy) is 1. The van der Waals surface area contributed by atoms with E-state index < -0.39 is 11.6 Å². The number of carbonyl (C=O) groups is 2. The number of nitrogens with zero attached hydrogens (tertiary/aromatic N) is 3. The van der Waals surface area contributed by atoms with Crippen LogP contribution in [-0.2, 0) is 9.59 Å². The second-order valence-electron chi connectivity index (χ2n) is 9.87. The van der Waals surface area contributed by atoms with Crippen molar-refractivity contribution >= 4 is 28.9 Å². The Kier molecular flexibility index (Phi) is 6.39. The molecule has 8 nitrogen and oxygen atoms in total. The van der Waals surface area contributed by atoms with E-state index in [0.717, 1.165) is 5.69 Å². The quantitative estimate of drug-likeness (QED) is 0.732. The SMILES string of the molecule is CC(C)(C)N.CC1(C)Oc2cc(C#N)ccc2N(c2cccc(N3CC(C(=O)O)C3)c2)C1=O. The summed E-state index contributed by atoms with van der Waals surface area (Å²) in [6.07, 6.45) is 0. The Bertz CT molecular complexity index is 1100. The third-order valence-corrected chi connectivity index (χ3v) is 5.10. The van der Waals surface area contributed by atoms with E-state index in [1.807, 2.05) is 49.9 Å². The van der Waals surface area contributed by atoms with Gasteiger partial charge in [-0.15, -0.1) is 0 Å². The minimum absolute atomic E-state index is 0. The molecule has 4 rings (SSSR count). The summed E-state index contributed by atoms with van der Waals surface area (Å²) in [4.78, 5) is 27.7. The van der Waals surface area contributed by atoms with Crippen LogP contribution in [-0.4, -0.2) is 41.2 Å². The lowest BCUT2D eigenvalue weighted by Gasteiger charge is -2.41. The summed E-state index contributed by atoms with van der Waals surface area (Å²) < 4.78 is 5.86. The second-order valence-corrected chi connectivity index (χ2v) is 9.87. The van der Waals surface area contributed by atoms with E-state index in [1.54, 1.807) is 36.9 Å². The van der Waals surface area contributed by atoms with E-state index in [9.17, 15) is 9.59 Å². The largest absolute Gasteiger partial charge is 0.481 e. The number of hydrogen-bond acceptors (Lipinski definition) is 6. The van der Waals surface area contributed by atoms with Gasteiger partial charge in [0, 0.05) is 30.4 Å². The van der Waals surface area contributed by atoms with Crippen molar-refractivity contribution < 1.29 is 19.4 Å². The van der Waals surface area contributed by atoms with Crippen LogP contribution in [0, 0.1) is 17.2 Å². The molecule has 8 heteroatoms. The Hall–Kier alpha value is -3.57. The molecule has 2 aliphatic heterocycles. The molecular formula is C25H30N4O4. The maximum Gasteiger partial charge on any atom is 0.310 e. The predicted octanol–water partition coefficient (Wildman–Crippen LogP) is 3.66. The third-order valence-electron chi connectivity index (χ3n) is 5.10. The lowest BCUT2D eigenvalue weighted by molar-refractivity contribution is -0.142. The van der Waals surface area contributed by atoms with Crippen LogP contribution in [0.1, 0.15) is 40.2 Å². The molecule has 0 bridgehead atoms. The summed E-state index contributed by atoms with van der Waals surface area (Å²) in [5.74, 6) is -0.893. The maximum atomic E-state index is 13.1. The van der Waals surface area contributed by atoms with Gasteiger partial charge in [0.1, 0.15) is 5.75 Å². The van der Waals surface area contributed by atoms with Crippen molar-refractivity contribution in [2.24, 2.45) is 11.7 Å². The van der Waals surface area contributed by atoms with Crippen LogP contribution >= 0.6 is 0 Å². The molecule has 0 aliphatic carbocycles. The molecule has 0 aromatic heterocycles. The number of rotatable bonds is 3. The molecule has 1 saturated heterocycles. The lowest BCUT2D eigenvalue weighted by Crippen LogP contribution is -2.51. The fourth-order valence-electron chi connectivity index (χ4n) is 3.48. The fraction of sp³-hybridized carbons (Fsp3) is 0.400. The lowest BCUT2D eigenvalue weighted by atomic mass is 9.99. The normalized spacial score (nSPS) is 17.1. The van der Waals surface area contributed by atoms with Crippen LogP contribution < -0.4 is 20.3 Å². The summed E-state index contributed by atoms with van der Waals surface area (Å²) in [7, 11) is 0. The summed E-state index contributed by atoms with van der Waals surface area (Å²) >= 11 is 0. The molecule has 174 valence electrons. The molecule has 2 aliphatic rings. The van der Waals surface area contributed by atoms with Gasteiger partial charge in [0.15, 0.2) is 5.60 Å². The molecule has 33 heavy (non-hydrogen) atoms. The number of aliphatic carboxylic acids is 1. The highest BCUT2D eigenvalue weighted by molar-refractivity contribution is 6.08. The first kappa shape index (κ1) is 24.1. The minimum atomic E-state index is -1.08. The summed E-state index contributed by atoms with van der Waals surface area (Å²) in [5, 5.41) is 18.2. The van der Waals surface area contributed by atoms with Crippen molar-refractivity contribution in [3.8, 4) is 11.8 Å². The van der Waals surface area contributed by atoms with Crippen molar-refractivity contribution in [2.75, 3.05) is 22.9 Å². The van der Waals surface area contributed by atoms with Crippen LogP contribution in [0.25, 0.3) is 0 Å². The zero-order valence-corrected chi connectivity index (χ0v) is 19.6. The molecule has 0 unspecified atom stereocenters. The first-order valence-electron chi connectivity index (χ1n) is 10.7. The van der Waals surface area contributed by atoms with Gasteiger partial charge in [-0.25, -0.2) is 0 Å². The van der Waals surface area contributed by atoms with Crippen LogP contribution in [0.5, 0.6) is 5.75 Å². The molecule has 2 heterocycles.